The number of rotatable bonds is 8. The molecule has 8 nitrogen and oxygen atoms in total. The Morgan fingerprint density at radius 1 is 0.273 bits per heavy atom. The van der Waals surface area contributed by atoms with E-state index in [0.717, 1.165) is 77.2 Å². The van der Waals surface area contributed by atoms with Crippen molar-refractivity contribution in [3.05, 3.63) is 226 Å². The molecule has 0 amide bonds. The second-order valence-corrected chi connectivity index (χ2v) is 15.5. The van der Waals surface area contributed by atoms with E-state index in [1.807, 2.05) is 84.9 Å². The van der Waals surface area contributed by atoms with E-state index in [2.05, 4.69) is 23.7 Å². The van der Waals surface area contributed by atoms with E-state index in [-0.39, 0.29) is 22.3 Å². The molecule has 0 saturated carbocycles. The number of benzene rings is 9. The summed E-state index contributed by atoms with van der Waals surface area (Å²) >= 11 is 0. The molecule has 0 aliphatic carbocycles. The summed E-state index contributed by atoms with van der Waals surface area (Å²) in [5, 5.41) is 41.6. The largest absolute Gasteiger partial charge is 0.478 e. The summed E-state index contributed by atoms with van der Waals surface area (Å²) in [5.41, 5.74) is 10.0. The molecule has 0 radical (unpaired) electrons. The van der Waals surface area contributed by atoms with E-state index in [4.69, 9.17) is 0 Å². The van der Waals surface area contributed by atoms with Gasteiger partial charge in [-0.25, -0.2) is 19.2 Å². The van der Waals surface area contributed by atoms with E-state index in [1.165, 1.54) is 0 Å². The van der Waals surface area contributed by atoms with Gasteiger partial charge < -0.3 is 20.4 Å². The molecule has 0 saturated heterocycles. The Bertz CT molecular complexity index is 3120. The fourth-order valence-corrected chi connectivity index (χ4v) is 7.95. The van der Waals surface area contributed by atoms with Crippen molar-refractivity contribution in [1.29, 1.82) is 0 Å². The van der Waals surface area contributed by atoms with Gasteiger partial charge in [-0.1, -0.05) is 121 Å². The molecule has 0 unspecified atom stereocenters. The van der Waals surface area contributed by atoms with Gasteiger partial charge in [0.1, 0.15) is 0 Å². The monoisotopic (exact) mass is 858 g/mol. The molecule has 0 heterocycles. The quantitative estimate of drug-likeness (QED) is 0.0871. The number of carboxylic acids is 4. The molecule has 0 aromatic heterocycles. The normalized spacial score (nSPS) is 10.7. The third-order valence-electron chi connectivity index (χ3n) is 11.3. The Morgan fingerprint density at radius 3 is 0.712 bits per heavy atom. The maximum Gasteiger partial charge on any atom is 0.335 e. The predicted octanol–water partition coefficient (Wildman–Crippen LogP) is 12.3. The minimum atomic E-state index is -1.02. The molecule has 8 heteroatoms. The Kier molecular flexibility index (Phi) is 11.2. The second-order valence-electron chi connectivity index (χ2n) is 15.5. The first-order valence-electron chi connectivity index (χ1n) is 20.6. The lowest BCUT2D eigenvalue weighted by Gasteiger charge is -2.11. The molecule has 9 aromatic rings. The highest BCUT2D eigenvalue weighted by Gasteiger charge is 2.14. The SMILES string of the molecule is O=C(O)c1ccc(-c2cc(C#Cc3c4ccccc4c(C#Cc4cc(-c5ccc(C(=O)O)cc5)cc(-c5ccc(C(=O)O)cc5)c4)c4ccccc34)cc(-c3ccc(C(=O)O)cc3)c2)cc1. The van der Waals surface area contributed by atoms with Crippen molar-refractivity contribution in [3.63, 3.8) is 0 Å². The summed E-state index contributed by atoms with van der Waals surface area (Å²) in [5.74, 6) is 9.75. The molecule has 0 fully saturated rings. The van der Waals surface area contributed by atoms with Crippen LogP contribution in [-0.2, 0) is 0 Å². The van der Waals surface area contributed by atoms with Crippen LogP contribution in [0.2, 0.25) is 0 Å². The van der Waals surface area contributed by atoms with Crippen LogP contribution < -0.4 is 0 Å². The maximum atomic E-state index is 11.6. The van der Waals surface area contributed by atoms with Crippen molar-refractivity contribution in [2.75, 3.05) is 0 Å². The van der Waals surface area contributed by atoms with E-state index in [1.54, 1.807) is 97.1 Å². The predicted molar refractivity (Wildman–Crippen MR) is 256 cm³/mol. The van der Waals surface area contributed by atoms with Gasteiger partial charge in [0.15, 0.2) is 0 Å². The van der Waals surface area contributed by atoms with Crippen LogP contribution in [0, 0.1) is 23.7 Å². The molecule has 9 aromatic carbocycles. The minimum absolute atomic E-state index is 0.166. The van der Waals surface area contributed by atoms with Gasteiger partial charge in [0.25, 0.3) is 0 Å². The van der Waals surface area contributed by atoms with Crippen LogP contribution in [0.5, 0.6) is 0 Å². The van der Waals surface area contributed by atoms with Gasteiger partial charge in [-0.05, 0) is 151 Å². The molecular formula is C58H34O8. The lowest BCUT2D eigenvalue weighted by Crippen LogP contribution is -1.96. The van der Waals surface area contributed by atoms with Gasteiger partial charge in [-0.2, -0.15) is 0 Å². The molecule has 66 heavy (non-hydrogen) atoms. The van der Waals surface area contributed by atoms with Crippen LogP contribution in [-0.4, -0.2) is 44.3 Å². The fraction of sp³-hybridized carbons (Fsp3) is 0. The molecule has 9 rings (SSSR count). The Balaban J connectivity index is 1.17. The molecule has 0 aliphatic heterocycles. The summed E-state index contributed by atoms with van der Waals surface area (Å²) in [6, 6.07) is 54.1. The highest BCUT2D eigenvalue weighted by Crippen LogP contribution is 2.34. The van der Waals surface area contributed by atoms with Crippen LogP contribution in [0.4, 0.5) is 0 Å². The van der Waals surface area contributed by atoms with Crippen LogP contribution in [0.1, 0.15) is 63.7 Å². The average molecular weight is 859 g/mol. The smallest absolute Gasteiger partial charge is 0.335 e. The minimum Gasteiger partial charge on any atom is -0.478 e. The molecular weight excluding hydrogens is 825 g/mol. The number of carboxylic acid groups (broad SMARTS) is 4. The molecule has 314 valence electrons. The van der Waals surface area contributed by atoms with Crippen LogP contribution in [0.15, 0.2) is 182 Å². The van der Waals surface area contributed by atoms with Gasteiger partial charge in [0.2, 0.25) is 0 Å². The van der Waals surface area contributed by atoms with Crippen LogP contribution in [0.3, 0.4) is 0 Å². The van der Waals surface area contributed by atoms with Crippen molar-refractivity contribution >= 4 is 45.4 Å². The third-order valence-corrected chi connectivity index (χ3v) is 11.3. The van der Waals surface area contributed by atoms with Gasteiger partial charge in [-0.15, -0.1) is 0 Å². The summed E-state index contributed by atoms with van der Waals surface area (Å²) in [6.07, 6.45) is 0. The zero-order valence-electron chi connectivity index (χ0n) is 34.7. The standard InChI is InChI=1S/C58H34O8/c59-55(60)41-19-11-37(12-20-41)45-29-35(30-46(33-45)38-13-21-42(22-14-38)56(61)62)9-27-53-49-5-1-2-6-50(49)54(52-8-4-3-7-51(52)53)28-10-36-31-47(39-15-23-43(24-16-39)57(63)64)34-48(32-36)40-17-25-44(26-18-40)58(65)66/h1-8,11-26,29-34H,(H,59,60)(H,61,62)(H,63,64)(H,65,66). The average Bonchev–Trinajstić information content (AvgIpc) is 3.34. The van der Waals surface area contributed by atoms with Gasteiger partial charge >= 0.3 is 23.9 Å². The number of aromatic carboxylic acids is 4. The number of carbonyl (C=O) groups is 4. The van der Waals surface area contributed by atoms with Crippen LogP contribution in [0.25, 0.3) is 66.1 Å². The van der Waals surface area contributed by atoms with E-state index in [9.17, 15) is 39.6 Å². The zero-order chi connectivity index (χ0) is 45.9. The number of hydrogen-bond acceptors (Lipinski definition) is 4. The van der Waals surface area contributed by atoms with Gasteiger partial charge in [0.05, 0.1) is 22.3 Å². The third kappa shape index (κ3) is 8.62. The van der Waals surface area contributed by atoms with Crippen molar-refractivity contribution in [2.24, 2.45) is 0 Å². The number of hydrogen-bond donors (Lipinski definition) is 4. The highest BCUT2D eigenvalue weighted by atomic mass is 16.4. The summed E-state index contributed by atoms with van der Waals surface area (Å²) in [7, 11) is 0. The molecule has 0 atom stereocenters. The second kappa shape index (κ2) is 17.7. The first kappa shape index (κ1) is 41.8. The topological polar surface area (TPSA) is 149 Å². The Labute approximate surface area is 378 Å². The first-order valence-corrected chi connectivity index (χ1v) is 20.6. The van der Waals surface area contributed by atoms with E-state index in [0.29, 0.717) is 11.1 Å². The first-order chi connectivity index (χ1) is 32.0. The summed E-state index contributed by atoms with van der Waals surface area (Å²) in [4.78, 5) is 46.5. The van der Waals surface area contributed by atoms with Crippen molar-refractivity contribution < 1.29 is 39.6 Å². The lowest BCUT2D eigenvalue weighted by atomic mass is 9.91. The molecule has 0 bridgehead atoms. The van der Waals surface area contributed by atoms with Gasteiger partial charge in [-0.3, -0.25) is 0 Å². The maximum absolute atomic E-state index is 11.6. The highest BCUT2D eigenvalue weighted by molar-refractivity contribution is 6.10. The summed E-state index contributed by atoms with van der Waals surface area (Å²) < 4.78 is 0. The van der Waals surface area contributed by atoms with Gasteiger partial charge in [0, 0.05) is 22.3 Å². The fourth-order valence-electron chi connectivity index (χ4n) is 7.95. The number of fused-ring (bicyclic) bond motifs is 2. The Morgan fingerprint density at radius 2 is 0.500 bits per heavy atom. The van der Waals surface area contributed by atoms with Crippen LogP contribution >= 0.6 is 0 Å². The van der Waals surface area contributed by atoms with Crippen molar-refractivity contribution in [2.45, 2.75) is 0 Å². The van der Waals surface area contributed by atoms with Crippen molar-refractivity contribution in [3.8, 4) is 68.2 Å². The van der Waals surface area contributed by atoms with Crippen molar-refractivity contribution in [1.82, 2.24) is 0 Å². The molecule has 0 aliphatic rings. The Hall–Kier alpha value is -9.50. The summed E-state index contributed by atoms with van der Waals surface area (Å²) in [6.45, 7) is 0. The molecule has 0 spiro atoms. The lowest BCUT2D eigenvalue weighted by molar-refractivity contribution is 0.0686. The van der Waals surface area contributed by atoms with E-state index >= 15 is 0 Å². The molecule has 4 N–H and O–H groups in total. The zero-order valence-corrected chi connectivity index (χ0v) is 34.7. The van der Waals surface area contributed by atoms with E-state index < -0.39 is 23.9 Å².